The van der Waals surface area contributed by atoms with Crippen LogP contribution < -0.4 is 5.48 Å². The molecule has 1 atom stereocenters. The maximum atomic E-state index is 9.39. The van der Waals surface area contributed by atoms with Crippen LogP contribution in [-0.4, -0.2) is 10.3 Å². The molecule has 0 aliphatic heterocycles. The van der Waals surface area contributed by atoms with Crippen molar-refractivity contribution >= 4 is 0 Å². The van der Waals surface area contributed by atoms with Gasteiger partial charge in [-0.05, 0) is 12.5 Å². The van der Waals surface area contributed by atoms with E-state index in [0.29, 0.717) is 0 Å². The number of nitrogens with one attached hydrogen (secondary N) is 1. The van der Waals surface area contributed by atoms with Crippen molar-refractivity contribution < 1.29 is 10.3 Å². The zero-order valence-corrected chi connectivity index (χ0v) is 6.99. The predicted molar refractivity (Wildman–Crippen MR) is 46.1 cm³/mol. The monoisotopic (exact) mass is 167 g/mol. The number of phenols is 1. The van der Waals surface area contributed by atoms with E-state index in [9.17, 15) is 5.11 Å². The highest BCUT2D eigenvalue weighted by Gasteiger charge is 2.10. The van der Waals surface area contributed by atoms with Crippen LogP contribution in [-0.2, 0) is 0 Å². The number of hydrogen-bond acceptors (Lipinski definition) is 3. The molecular weight excluding hydrogens is 154 g/mol. The van der Waals surface area contributed by atoms with Crippen LogP contribution in [0.2, 0.25) is 0 Å². The van der Waals surface area contributed by atoms with Gasteiger partial charge >= 0.3 is 0 Å². The Hall–Kier alpha value is -1.06. The number of para-hydroxylation sites is 1. The van der Waals surface area contributed by atoms with Crippen molar-refractivity contribution in [3.05, 3.63) is 29.8 Å². The van der Waals surface area contributed by atoms with E-state index >= 15 is 0 Å². The fourth-order valence-electron chi connectivity index (χ4n) is 1.16. The van der Waals surface area contributed by atoms with Crippen LogP contribution in [0.5, 0.6) is 5.75 Å². The molecule has 0 bridgehead atoms. The van der Waals surface area contributed by atoms with Crippen LogP contribution in [0.15, 0.2) is 24.3 Å². The highest BCUT2D eigenvalue weighted by Crippen LogP contribution is 2.24. The molecule has 0 heterocycles. The van der Waals surface area contributed by atoms with Crippen molar-refractivity contribution in [3.63, 3.8) is 0 Å². The van der Waals surface area contributed by atoms with E-state index in [1.165, 1.54) is 0 Å². The van der Waals surface area contributed by atoms with Gasteiger partial charge in [0.25, 0.3) is 0 Å². The third-order valence-electron chi connectivity index (χ3n) is 1.88. The Bertz CT molecular complexity index is 246. The van der Waals surface area contributed by atoms with E-state index in [1.54, 1.807) is 18.2 Å². The SMILES string of the molecule is CC[C@@H](NO)c1ccccc1O. The molecule has 12 heavy (non-hydrogen) atoms. The van der Waals surface area contributed by atoms with E-state index in [0.717, 1.165) is 12.0 Å². The van der Waals surface area contributed by atoms with Gasteiger partial charge in [-0.3, -0.25) is 0 Å². The van der Waals surface area contributed by atoms with Gasteiger partial charge in [-0.25, -0.2) is 0 Å². The minimum atomic E-state index is -0.189. The Kier molecular flexibility index (Phi) is 3.08. The summed E-state index contributed by atoms with van der Waals surface area (Å²) in [7, 11) is 0. The maximum Gasteiger partial charge on any atom is 0.120 e. The molecule has 0 amide bonds. The molecule has 0 radical (unpaired) electrons. The maximum absolute atomic E-state index is 9.39. The first-order valence-corrected chi connectivity index (χ1v) is 3.97. The van der Waals surface area contributed by atoms with Gasteiger partial charge in [0.15, 0.2) is 0 Å². The fraction of sp³-hybridized carbons (Fsp3) is 0.333. The molecule has 0 fully saturated rings. The Balaban J connectivity index is 2.92. The minimum absolute atomic E-state index is 0.189. The average Bonchev–Trinajstić information content (AvgIpc) is 2.10. The zero-order chi connectivity index (χ0) is 8.97. The minimum Gasteiger partial charge on any atom is -0.508 e. The van der Waals surface area contributed by atoms with Crippen molar-refractivity contribution in [2.45, 2.75) is 19.4 Å². The quantitative estimate of drug-likeness (QED) is 0.602. The first-order valence-electron chi connectivity index (χ1n) is 3.97. The molecule has 0 unspecified atom stereocenters. The lowest BCUT2D eigenvalue weighted by Gasteiger charge is -2.13. The molecule has 0 aliphatic rings. The second kappa shape index (κ2) is 4.09. The van der Waals surface area contributed by atoms with Gasteiger partial charge in [-0.15, -0.1) is 0 Å². The van der Waals surface area contributed by atoms with Crippen molar-refractivity contribution in [2.75, 3.05) is 0 Å². The lowest BCUT2D eigenvalue weighted by atomic mass is 10.0. The van der Waals surface area contributed by atoms with Gasteiger partial charge in [0.2, 0.25) is 0 Å². The number of hydroxylamine groups is 1. The number of benzene rings is 1. The Morgan fingerprint density at radius 3 is 2.58 bits per heavy atom. The van der Waals surface area contributed by atoms with E-state index in [4.69, 9.17) is 5.21 Å². The molecule has 3 N–H and O–H groups in total. The van der Waals surface area contributed by atoms with E-state index in [1.807, 2.05) is 13.0 Å². The van der Waals surface area contributed by atoms with Crippen molar-refractivity contribution in [3.8, 4) is 5.75 Å². The molecule has 66 valence electrons. The fourth-order valence-corrected chi connectivity index (χ4v) is 1.16. The van der Waals surface area contributed by atoms with Crippen LogP contribution >= 0.6 is 0 Å². The van der Waals surface area contributed by atoms with Crippen molar-refractivity contribution in [1.82, 2.24) is 5.48 Å². The molecular formula is C9H13NO2. The number of rotatable bonds is 3. The van der Waals surface area contributed by atoms with Crippen LogP contribution in [0.3, 0.4) is 0 Å². The van der Waals surface area contributed by atoms with E-state index < -0.39 is 0 Å². The molecule has 0 aliphatic carbocycles. The Labute approximate surface area is 71.6 Å². The predicted octanol–water partition coefficient (Wildman–Crippen LogP) is 1.82. The van der Waals surface area contributed by atoms with Crippen LogP contribution in [0.1, 0.15) is 24.9 Å². The van der Waals surface area contributed by atoms with Crippen LogP contribution in [0.25, 0.3) is 0 Å². The molecule has 1 aromatic rings. The van der Waals surface area contributed by atoms with Crippen molar-refractivity contribution in [2.24, 2.45) is 0 Å². The van der Waals surface area contributed by atoms with E-state index in [-0.39, 0.29) is 11.8 Å². The van der Waals surface area contributed by atoms with Crippen LogP contribution in [0, 0.1) is 0 Å². The van der Waals surface area contributed by atoms with Crippen LogP contribution in [0.4, 0.5) is 0 Å². The third-order valence-corrected chi connectivity index (χ3v) is 1.88. The molecule has 3 heteroatoms. The summed E-state index contributed by atoms with van der Waals surface area (Å²) in [5.74, 6) is 0.214. The van der Waals surface area contributed by atoms with Gasteiger partial charge in [-0.2, -0.15) is 5.48 Å². The van der Waals surface area contributed by atoms with Gasteiger partial charge in [0.05, 0.1) is 6.04 Å². The molecule has 0 aromatic heterocycles. The molecule has 0 spiro atoms. The summed E-state index contributed by atoms with van der Waals surface area (Å²) in [6.45, 7) is 1.93. The summed E-state index contributed by atoms with van der Waals surface area (Å²) < 4.78 is 0. The summed E-state index contributed by atoms with van der Waals surface area (Å²) in [4.78, 5) is 0. The summed E-state index contributed by atoms with van der Waals surface area (Å²) in [5, 5.41) is 18.1. The normalized spacial score (nSPS) is 12.8. The lowest BCUT2D eigenvalue weighted by molar-refractivity contribution is 0.123. The van der Waals surface area contributed by atoms with Crippen molar-refractivity contribution in [1.29, 1.82) is 0 Å². The molecule has 0 saturated heterocycles. The lowest BCUT2D eigenvalue weighted by Crippen LogP contribution is -2.15. The summed E-state index contributed by atoms with van der Waals surface area (Å²) in [6.07, 6.45) is 0.730. The first kappa shape index (κ1) is 9.03. The first-order chi connectivity index (χ1) is 5.79. The summed E-state index contributed by atoms with van der Waals surface area (Å²) in [5.41, 5.74) is 2.87. The van der Waals surface area contributed by atoms with Gasteiger partial charge < -0.3 is 10.3 Å². The highest BCUT2D eigenvalue weighted by molar-refractivity contribution is 5.34. The molecule has 1 aromatic carbocycles. The molecule has 0 saturated carbocycles. The van der Waals surface area contributed by atoms with E-state index in [2.05, 4.69) is 5.48 Å². The summed E-state index contributed by atoms with van der Waals surface area (Å²) >= 11 is 0. The Morgan fingerprint density at radius 1 is 1.42 bits per heavy atom. The number of aromatic hydroxyl groups is 1. The Morgan fingerprint density at radius 2 is 2.08 bits per heavy atom. The number of hydrogen-bond donors (Lipinski definition) is 3. The van der Waals surface area contributed by atoms with Gasteiger partial charge in [0.1, 0.15) is 5.75 Å². The third kappa shape index (κ3) is 1.75. The molecule has 3 nitrogen and oxygen atoms in total. The standard InChI is InChI=1S/C9H13NO2/c1-2-8(10-12)7-5-3-4-6-9(7)11/h3-6,8,10-12H,2H2,1H3/t8-/m1/s1. The molecule has 1 rings (SSSR count). The zero-order valence-electron chi connectivity index (χ0n) is 6.99. The average molecular weight is 167 g/mol. The summed E-state index contributed by atoms with van der Waals surface area (Å²) in [6, 6.07) is 6.78. The van der Waals surface area contributed by atoms with Gasteiger partial charge in [0, 0.05) is 5.56 Å². The number of phenolic OH excluding ortho intramolecular Hbond substituents is 1. The van der Waals surface area contributed by atoms with Gasteiger partial charge in [-0.1, -0.05) is 25.1 Å². The second-order valence-corrected chi connectivity index (χ2v) is 2.65. The highest BCUT2D eigenvalue weighted by atomic mass is 16.5. The topological polar surface area (TPSA) is 52.5 Å². The second-order valence-electron chi connectivity index (χ2n) is 2.65. The largest absolute Gasteiger partial charge is 0.508 e. The smallest absolute Gasteiger partial charge is 0.120 e.